The highest BCUT2D eigenvalue weighted by Gasteiger charge is 2.02. The lowest BCUT2D eigenvalue weighted by Crippen LogP contribution is -2.03. The molecule has 1 N–H and O–H groups in total. The van der Waals surface area contributed by atoms with Crippen LogP contribution in [-0.2, 0) is 20.1 Å². The van der Waals surface area contributed by atoms with Gasteiger partial charge in [-0.15, -0.1) is 0 Å². The molecule has 0 amide bonds. The Hall–Kier alpha value is -1.62. The van der Waals surface area contributed by atoms with Gasteiger partial charge in [-0.05, 0) is 36.3 Å². The number of hydrogen-bond acceptors (Lipinski definition) is 3. The van der Waals surface area contributed by atoms with Crippen molar-refractivity contribution < 1.29 is 4.74 Å². The number of nitrogens with zero attached hydrogens (tertiary/aromatic N) is 2. The van der Waals surface area contributed by atoms with Crippen LogP contribution in [0.2, 0.25) is 0 Å². The van der Waals surface area contributed by atoms with Crippen LogP contribution in [0, 0.1) is 4.77 Å². The predicted molar refractivity (Wildman–Crippen MR) is 68.5 cm³/mol. The second-order valence-electron chi connectivity index (χ2n) is 3.79. The average molecular weight is 249 g/mol. The number of nitrogens with one attached hydrogen (secondary N) is 1. The summed E-state index contributed by atoms with van der Waals surface area (Å²) in [7, 11) is 1.87. The topological polar surface area (TPSA) is 42.8 Å². The molecule has 2 rings (SSSR count). The standard InChI is InChI=1S/C12H15N3OS/c1-3-9-4-6-10(7-5-9)16-8-11-13-14-12(17)15(11)2/h4-7H,3,8H2,1-2H3,(H,14,17). The molecule has 0 saturated carbocycles. The normalized spacial score (nSPS) is 10.5. The van der Waals surface area contributed by atoms with Gasteiger partial charge in [0, 0.05) is 7.05 Å². The van der Waals surface area contributed by atoms with Crippen molar-refractivity contribution in [1.29, 1.82) is 0 Å². The first-order valence-corrected chi connectivity index (χ1v) is 5.93. The first-order chi connectivity index (χ1) is 8.20. The van der Waals surface area contributed by atoms with Gasteiger partial charge in [-0.25, -0.2) is 0 Å². The van der Waals surface area contributed by atoms with Gasteiger partial charge in [0.1, 0.15) is 12.4 Å². The van der Waals surface area contributed by atoms with Crippen LogP contribution in [0.5, 0.6) is 5.75 Å². The maximum Gasteiger partial charge on any atom is 0.194 e. The van der Waals surface area contributed by atoms with Gasteiger partial charge in [-0.3, -0.25) is 5.10 Å². The fraction of sp³-hybridized carbons (Fsp3) is 0.333. The molecule has 1 heterocycles. The van der Waals surface area contributed by atoms with Crippen molar-refractivity contribution in [3.63, 3.8) is 0 Å². The first kappa shape index (κ1) is 11.9. The minimum Gasteiger partial charge on any atom is -0.486 e. The van der Waals surface area contributed by atoms with Gasteiger partial charge in [0.15, 0.2) is 10.6 Å². The Labute approximate surface area is 105 Å². The summed E-state index contributed by atoms with van der Waals surface area (Å²) in [5, 5.41) is 6.81. The monoisotopic (exact) mass is 249 g/mol. The predicted octanol–water partition coefficient (Wildman–Crippen LogP) is 2.62. The van der Waals surface area contributed by atoms with Crippen LogP contribution in [0.4, 0.5) is 0 Å². The fourth-order valence-corrected chi connectivity index (χ4v) is 1.63. The van der Waals surface area contributed by atoms with E-state index in [1.165, 1.54) is 5.56 Å². The molecule has 0 aliphatic rings. The molecular weight excluding hydrogens is 234 g/mol. The summed E-state index contributed by atoms with van der Waals surface area (Å²) in [5.74, 6) is 1.63. The second kappa shape index (κ2) is 5.14. The van der Waals surface area contributed by atoms with E-state index in [0.717, 1.165) is 18.0 Å². The fourth-order valence-electron chi connectivity index (χ4n) is 1.48. The number of benzene rings is 1. The molecule has 0 spiro atoms. The van der Waals surface area contributed by atoms with E-state index in [4.69, 9.17) is 17.0 Å². The van der Waals surface area contributed by atoms with Crippen molar-refractivity contribution in [2.75, 3.05) is 0 Å². The molecule has 0 unspecified atom stereocenters. The zero-order valence-corrected chi connectivity index (χ0v) is 10.8. The third-order valence-electron chi connectivity index (χ3n) is 2.67. The Morgan fingerprint density at radius 1 is 1.35 bits per heavy atom. The lowest BCUT2D eigenvalue weighted by atomic mass is 10.2. The smallest absolute Gasteiger partial charge is 0.194 e. The number of aromatic amines is 1. The van der Waals surface area contributed by atoms with E-state index >= 15 is 0 Å². The molecule has 1 aromatic heterocycles. The van der Waals surface area contributed by atoms with Gasteiger partial charge < -0.3 is 9.30 Å². The van der Waals surface area contributed by atoms with Crippen molar-refractivity contribution in [3.8, 4) is 5.75 Å². The van der Waals surface area contributed by atoms with Gasteiger partial charge >= 0.3 is 0 Å². The lowest BCUT2D eigenvalue weighted by Gasteiger charge is -2.06. The number of H-pyrrole nitrogens is 1. The van der Waals surface area contributed by atoms with Crippen LogP contribution in [0.1, 0.15) is 18.3 Å². The molecule has 17 heavy (non-hydrogen) atoms. The van der Waals surface area contributed by atoms with Gasteiger partial charge in [-0.1, -0.05) is 19.1 Å². The van der Waals surface area contributed by atoms with Crippen molar-refractivity contribution in [3.05, 3.63) is 40.4 Å². The van der Waals surface area contributed by atoms with Crippen LogP contribution in [-0.4, -0.2) is 14.8 Å². The highest BCUT2D eigenvalue weighted by atomic mass is 32.1. The molecule has 1 aromatic carbocycles. The number of rotatable bonds is 4. The summed E-state index contributed by atoms with van der Waals surface area (Å²) < 4.78 is 8.04. The van der Waals surface area contributed by atoms with Crippen LogP contribution in [0.15, 0.2) is 24.3 Å². The molecule has 2 aromatic rings. The molecule has 0 bridgehead atoms. The number of hydrogen-bond donors (Lipinski definition) is 1. The summed E-state index contributed by atoms with van der Waals surface area (Å²) in [4.78, 5) is 0. The van der Waals surface area contributed by atoms with Crippen LogP contribution in [0.25, 0.3) is 0 Å². The Morgan fingerprint density at radius 2 is 2.06 bits per heavy atom. The highest BCUT2D eigenvalue weighted by molar-refractivity contribution is 7.71. The third kappa shape index (κ3) is 2.74. The Kier molecular flexibility index (Phi) is 3.58. The zero-order chi connectivity index (χ0) is 12.3. The number of aromatic nitrogens is 3. The van der Waals surface area contributed by atoms with E-state index in [1.54, 1.807) is 4.57 Å². The summed E-state index contributed by atoms with van der Waals surface area (Å²) in [6.45, 7) is 2.54. The van der Waals surface area contributed by atoms with Crippen molar-refractivity contribution in [1.82, 2.24) is 14.8 Å². The lowest BCUT2D eigenvalue weighted by molar-refractivity contribution is 0.291. The summed E-state index contributed by atoms with van der Waals surface area (Å²) in [6.07, 6.45) is 1.04. The van der Waals surface area contributed by atoms with E-state index in [2.05, 4.69) is 29.3 Å². The van der Waals surface area contributed by atoms with Gasteiger partial charge in [0.25, 0.3) is 0 Å². The molecule has 0 atom stereocenters. The highest BCUT2D eigenvalue weighted by Crippen LogP contribution is 2.13. The van der Waals surface area contributed by atoms with Crippen molar-refractivity contribution >= 4 is 12.2 Å². The molecular formula is C12H15N3OS. The summed E-state index contributed by atoms with van der Waals surface area (Å²) >= 11 is 5.03. The second-order valence-corrected chi connectivity index (χ2v) is 4.18. The number of aryl methyl sites for hydroxylation is 1. The van der Waals surface area contributed by atoms with E-state index in [1.807, 2.05) is 19.2 Å². The van der Waals surface area contributed by atoms with Crippen LogP contribution in [0.3, 0.4) is 0 Å². The molecule has 4 nitrogen and oxygen atoms in total. The molecule has 90 valence electrons. The molecule has 0 saturated heterocycles. The Bertz CT molecular complexity index is 542. The van der Waals surface area contributed by atoms with Crippen molar-refractivity contribution in [2.24, 2.45) is 7.05 Å². The molecule has 0 radical (unpaired) electrons. The minimum absolute atomic E-state index is 0.412. The van der Waals surface area contributed by atoms with E-state index in [0.29, 0.717) is 11.4 Å². The quantitative estimate of drug-likeness (QED) is 0.847. The van der Waals surface area contributed by atoms with Gasteiger partial charge in [0.05, 0.1) is 0 Å². The summed E-state index contributed by atoms with van der Waals surface area (Å²) in [5.41, 5.74) is 1.30. The molecule has 0 aliphatic carbocycles. The number of ether oxygens (including phenoxy) is 1. The third-order valence-corrected chi connectivity index (χ3v) is 3.04. The maximum absolute atomic E-state index is 5.64. The largest absolute Gasteiger partial charge is 0.486 e. The van der Waals surface area contributed by atoms with Gasteiger partial charge in [0.2, 0.25) is 0 Å². The SMILES string of the molecule is CCc1ccc(OCc2n[nH]c(=S)n2C)cc1. The van der Waals surface area contributed by atoms with Gasteiger partial charge in [-0.2, -0.15) is 5.10 Å². The van der Waals surface area contributed by atoms with E-state index < -0.39 is 0 Å². The Morgan fingerprint density at radius 3 is 2.59 bits per heavy atom. The maximum atomic E-state index is 5.64. The van der Waals surface area contributed by atoms with E-state index in [-0.39, 0.29) is 0 Å². The Balaban J connectivity index is 2.02. The van der Waals surface area contributed by atoms with Crippen molar-refractivity contribution in [2.45, 2.75) is 20.0 Å². The first-order valence-electron chi connectivity index (χ1n) is 5.52. The van der Waals surface area contributed by atoms with Crippen LogP contribution < -0.4 is 4.74 Å². The summed E-state index contributed by atoms with van der Waals surface area (Å²) in [6, 6.07) is 8.08. The van der Waals surface area contributed by atoms with Crippen LogP contribution >= 0.6 is 12.2 Å². The average Bonchev–Trinajstić information content (AvgIpc) is 2.68. The minimum atomic E-state index is 0.412. The van der Waals surface area contributed by atoms with E-state index in [9.17, 15) is 0 Å². The molecule has 5 heteroatoms. The molecule has 0 aliphatic heterocycles. The molecule has 0 fully saturated rings. The zero-order valence-electron chi connectivity index (χ0n) is 9.93.